The zero-order valence-corrected chi connectivity index (χ0v) is 18.1. The Kier molecular flexibility index (Phi) is 5.29. The molecule has 2 aliphatic rings. The van der Waals surface area contributed by atoms with Crippen LogP contribution in [0.4, 0.5) is 5.69 Å². The highest BCUT2D eigenvalue weighted by Crippen LogP contribution is 2.38. The topological polar surface area (TPSA) is 61.9 Å². The molecule has 0 aliphatic carbocycles. The molecule has 0 bridgehead atoms. The monoisotopic (exact) mass is 414 g/mol. The van der Waals surface area contributed by atoms with Gasteiger partial charge in [0.25, 0.3) is 0 Å². The molecule has 1 saturated heterocycles. The van der Waals surface area contributed by atoms with Crippen LogP contribution in [0.2, 0.25) is 0 Å². The summed E-state index contributed by atoms with van der Waals surface area (Å²) in [5.41, 5.74) is 8.32. The van der Waals surface area contributed by atoms with Crippen LogP contribution in [-0.2, 0) is 11.0 Å². The molecule has 0 saturated carbocycles. The smallest absolute Gasteiger partial charge is 0.203 e. The van der Waals surface area contributed by atoms with Crippen molar-refractivity contribution in [1.29, 1.82) is 0 Å². The Morgan fingerprint density at radius 3 is 2.43 bits per heavy atom. The minimum Gasteiger partial charge on any atom is -0.371 e. The van der Waals surface area contributed by atoms with Crippen molar-refractivity contribution in [3.8, 4) is 0 Å². The molecule has 2 unspecified atom stereocenters. The Morgan fingerprint density at radius 1 is 1.11 bits per heavy atom. The second kappa shape index (κ2) is 7.72. The number of fused-ring (bicyclic) bond motifs is 3. The van der Waals surface area contributed by atoms with Gasteiger partial charge >= 0.3 is 0 Å². The van der Waals surface area contributed by atoms with E-state index < -0.39 is 11.0 Å². The molecule has 2 atom stereocenters. The van der Waals surface area contributed by atoms with Gasteiger partial charge in [-0.2, -0.15) is 0 Å². The van der Waals surface area contributed by atoms with E-state index in [9.17, 15) is 4.21 Å². The van der Waals surface area contributed by atoms with Crippen LogP contribution >= 0.6 is 11.3 Å². The summed E-state index contributed by atoms with van der Waals surface area (Å²) in [4.78, 5) is 6.96. The number of benzene rings is 2. The molecule has 148 valence electrons. The first-order chi connectivity index (χ1) is 13.6. The first-order valence-corrected chi connectivity index (χ1v) is 11.9. The fourth-order valence-corrected chi connectivity index (χ4v) is 5.64. The maximum absolute atomic E-state index is 12.2. The Morgan fingerprint density at radius 2 is 1.79 bits per heavy atom. The molecule has 0 spiro atoms. The normalized spacial score (nSPS) is 21.9. The quantitative estimate of drug-likeness (QED) is 0.682. The van der Waals surface area contributed by atoms with Crippen LogP contribution in [0.15, 0.2) is 41.4 Å². The largest absolute Gasteiger partial charge is 0.371 e. The van der Waals surface area contributed by atoms with Crippen molar-refractivity contribution in [2.75, 3.05) is 30.8 Å². The van der Waals surface area contributed by atoms with Crippen LogP contribution in [0.5, 0.6) is 0 Å². The highest BCUT2D eigenvalue weighted by molar-refractivity contribution is 7.83. The molecule has 5 rings (SSSR count). The molecule has 3 heterocycles. The number of nitrogens with zero attached hydrogens (tertiary/aromatic N) is 3. The van der Waals surface area contributed by atoms with E-state index >= 15 is 0 Å². The van der Waals surface area contributed by atoms with E-state index in [1.54, 1.807) is 7.05 Å². The van der Waals surface area contributed by atoms with Gasteiger partial charge in [0, 0.05) is 46.0 Å². The average Bonchev–Trinajstić information content (AvgIpc) is 3.03. The lowest BCUT2D eigenvalue weighted by atomic mass is 10.0. The van der Waals surface area contributed by atoms with Crippen molar-refractivity contribution < 1.29 is 4.21 Å². The second-order valence-corrected chi connectivity index (χ2v) is 9.48. The molecular weight excluding hydrogens is 388 g/mol. The summed E-state index contributed by atoms with van der Waals surface area (Å²) in [6, 6.07) is 13.1. The minimum absolute atomic E-state index is 0.148. The molecule has 0 radical (unpaired) electrons. The number of guanidine groups is 1. The average molecular weight is 415 g/mol. The summed E-state index contributed by atoms with van der Waals surface area (Å²) in [7, 11) is 0.593. The number of aliphatic imine (C=N–C) groups is 1. The summed E-state index contributed by atoms with van der Waals surface area (Å²) in [5.74, 6) is 0.819. The molecule has 1 aromatic heterocycles. The second-order valence-electron chi connectivity index (χ2n) is 6.87. The summed E-state index contributed by atoms with van der Waals surface area (Å²) in [6.07, 6.45) is 1.28. The van der Waals surface area contributed by atoms with E-state index in [4.69, 9.17) is 5.73 Å². The third kappa shape index (κ3) is 3.26. The fourth-order valence-electron chi connectivity index (χ4n) is 3.56. The van der Waals surface area contributed by atoms with Crippen molar-refractivity contribution in [3.05, 3.63) is 42.0 Å². The number of thiophene rings is 1. The number of hydrogen-bond donors (Lipinski definition) is 1. The van der Waals surface area contributed by atoms with Crippen LogP contribution < -0.4 is 10.6 Å². The van der Waals surface area contributed by atoms with Gasteiger partial charge in [-0.25, -0.2) is 9.20 Å². The van der Waals surface area contributed by atoms with E-state index in [0.29, 0.717) is 11.7 Å². The van der Waals surface area contributed by atoms with Gasteiger partial charge in [0.2, 0.25) is 5.96 Å². The molecular formula is C21H26N4OS2. The third-order valence-corrected chi connectivity index (χ3v) is 7.85. The number of rotatable bonds is 2. The minimum atomic E-state index is -1.13. The Balaban J connectivity index is 0.000000932. The van der Waals surface area contributed by atoms with Crippen molar-refractivity contribution in [2.45, 2.75) is 26.3 Å². The van der Waals surface area contributed by atoms with Gasteiger partial charge in [0.15, 0.2) is 0 Å². The van der Waals surface area contributed by atoms with Crippen molar-refractivity contribution in [1.82, 2.24) is 4.31 Å². The van der Waals surface area contributed by atoms with Crippen LogP contribution in [-0.4, -0.2) is 40.4 Å². The molecule has 2 N–H and O–H groups in total. The highest BCUT2D eigenvalue weighted by atomic mass is 32.2. The van der Waals surface area contributed by atoms with Gasteiger partial charge in [-0.1, -0.05) is 19.9 Å². The molecule has 2 aromatic carbocycles. The Bertz CT molecular complexity index is 1070. The lowest BCUT2D eigenvalue weighted by Gasteiger charge is -2.33. The van der Waals surface area contributed by atoms with Crippen molar-refractivity contribution >= 4 is 54.1 Å². The van der Waals surface area contributed by atoms with Gasteiger partial charge in [-0.05, 0) is 42.3 Å². The number of anilines is 1. The van der Waals surface area contributed by atoms with Crippen LogP contribution in [0, 0.1) is 0 Å². The molecule has 28 heavy (non-hydrogen) atoms. The molecule has 7 heteroatoms. The lowest BCUT2D eigenvalue weighted by Crippen LogP contribution is -2.41. The zero-order valence-electron chi connectivity index (χ0n) is 16.5. The van der Waals surface area contributed by atoms with Crippen molar-refractivity contribution in [3.63, 3.8) is 0 Å². The number of hydrogen-bond acceptors (Lipinski definition) is 5. The fraction of sp³-hybridized carbons (Fsp3) is 0.381. The van der Waals surface area contributed by atoms with E-state index in [-0.39, 0.29) is 6.04 Å². The van der Waals surface area contributed by atoms with Gasteiger partial charge in [0.05, 0.1) is 11.8 Å². The zero-order chi connectivity index (χ0) is 19.8. The third-order valence-electron chi connectivity index (χ3n) is 5.30. The van der Waals surface area contributed by atoms with Crippen molar-refractivity contribution in [2.24, 2.45) is 10.7 Å². The predicted molar refractivity (Wildman–Crippen MR) is 123 cm³/mol. The lowest BCUT2D eigenvalue weighted by molar-refractivity contribution is 0.616. The molecule has 2 aliphatic heterocycles. The Labute approximate surface area is 172 Å². The summed E-state index contributed by atoms with van der Waals surface area (Å²) in [5, 5.41) is 2.55. The summed E-state index contributed by atoms with van der Waals surface area (Å²) in [6.45, 7) is 6.29. The van der Waals surface area contributed by atoms with E-state index in [1.807, 2.05) is 25.2 Å². The highest BCUT2D eigenvalue weighted by Gasteiger charge is 2.25. The summed E-state index contributed by atoms with van der Waals surface area (Å²) < 4.78 is 16.4. The maximum atomic E-state index is 12.2. The van der Waals surface area contributed by atoms with Crippen LogP contribution in [0.25, 0.3) is 20.2 Å². The SMILES string of the molecule is CC.CN1C(N)=NC(c2ccc3sc4ccc(N5CCC5)cc4c3c2)CS1=O. The summed E-state index contributed by atoms with van der Waals surface area (Å²) >= 11 is 1.82. The van der Waals surface area contributed by atoms with Gasteiger partial charge in [0.1, 0.15) is 11.0 Å². The van der Waals surface area contributed by atoms with E-state index in [0.717, 1.165) is 18.7 Å². The molecule has 5 nitrogen and oxygen atoms in total. The predicted octanol–water partition coefficient (Wildman–Crippen LogP) is 4.26. The molecule has 3 aromatic rings. The molecule has 0 amide bonds. The van der Waals surface area contributed by atoms with Gasteiger partial charge < -0.3 is 10.6 Å². The molecule has 1 fully saturated rings. The first kappa shape index (κ1) is 19.2. The standard InChI is InChI=1S/C19H20N4OS2.C2H6/c1-22-19(20)21-16(11-26(22)24)12-3-5-17-14(9-12)15-10-13(23-7-2-8-23)4-6-18(15)25-17;1-2/h3-6,9-10,16H,2,7-8,11H2,1H3,(H2,20,21);1-2H3. The van der Waals surface area contributed by atoms with E-state index in [2.05, 4.69) is 46.3 Å². The first-order valence-electron chi connectivity index (χ1n) is 9.77. The Hall–Kier alpha value is -2.12. The van der Waals surface area contributed by atoms with E-state index in [1.165, 1.54) is 36.6 Å². The maximum Gasteiger partial charge on any atom is 0.203 e. The van der Waals surface area contributed by atoms with Crippen LogP contribution in [0.3, 0.4) is 0 Å². The van der Waals surface area contributed by atoms with Crippen LogP contribution in [0.1, 0.15) is 31.9 Å². The number of nitrogens with two attached hydrogens (primary N) is 1. The van der Waals surface area contributed by atoms with Gasteiger partial charge in [-0.15, -0.1) is 11.3 Å². The van der Waals surface area contributed by atoms with Gasteiger partial charge in [-0.3, -0.25) is 4.31 Å².